The Morgan fingerprint density at radius 2 is 1.86 bits per heavy atom. The maximum absolute atomic E-state index is 12.5. The SMILES string of the molecule is CCOC(=O)Oc1ccc(C(=O)Nc2nc3c(s2)CC(C(=O)OCC)CC3)cc1. The maximum Gasteiger partial charge on any atom is 0.513 e. The maximum atomic E-state index is 12.5. The van der Waals surface area contributed by atoms with Crippen LogP contribution in [0.4, 0.5) is 9.93 Å². The lowest BCUT2D eigenvalue weighted by Crippen LogP contribution is -2.24. The number of fused-ring (bicyclic) bond motifs is 1. The highest BCUT2D eigenvalue weighted by Crippen LogP contribution is 2.33. The monoisotopic (exact) mass is 418 g/mol. The summed E-state index contributed by atoms with van der Waals surface area (Å²) in [5, 5.41) is 3.28. The third-order valence-corrected chi connectivity index (χ3v) is 5.40. The molecule has 1 unspecified atom stereocenters. The molecule has 0 bridgehead atoms. The fourth-order valence-electron chi connectivity index (χ4n) is 2.98. The number of nitrogens with zero attached hydrogens (tertiary/aromatic N) is 1. The summed E-state index contributed by atoms with van der Waals surface area (Å²) in [6, 6.07) is 6.13. The lowest BCUT2D eigenvalue weighted by atomic mass is 9.91. The molecule has 1 heterocycles. The van der Waals surface area contributed by atoms with Gasteiger partial charge in [0.15, 0.2) is 5.13 Å². The summed E-state index contributed by atoms with van der Waals surface area (Å²) in [6.45, 7) is 4.07. The number of amides is 1. The summed E-state index contributed by atoms with van der Waals surface area (Å²) in [4.78, 5) is 41.2. The van der Waals surface area contributed by atoms with Crippen LogP contribution in [0.1, 0.15) is 41.2 Å². The third-order valence-electron chi connectivity index (χ3n) is 4.36. The number of nitrogens with one attached hydrogen (secondary N) is 1. The molecule has 1 aromatic carbocycles. The van der Waals surface area contributed by atoms with E-state index in [0.29, 0.717) is 36.6 Å². The number of esters is 1. The van der Waals surface area contributed by atoms with E-state index >= 15 is 0 Å². The van der Waals surface area contributed by atoms with Crippen molar-refractivity contribution in [3.63, 3.8) is 0 Å². The van der Waals surface area contributed by atoms with E-state index in [1.807, 2.05) is 0 Å². The van der Waals surface area contributed by atoms with Crippen molar-refractivity contribution in [2.75, 3.05) is 18.5 Å². The third kappa shape index (κ3) is 5.32. The number of anilines is 1. The molecule has 0 saturated carbocycles. The molecule has 8 nitrogen and oxygen atoms in total. The zero-order valence-electron chi connectivity index (χ0n) is 16.2. The molecule has 1 amide bonds. The minimum absolute atomic E-state index is 0.154. The molecule has 0 spiro atoms. The van der Waals surface area contributed by atoms with Crippen LogP contribution in [0.25, 0.3) is 0 Å². The Kier molecular flexibility index (Phi) is 6.82. The van der Waals surface area contributed by atoms with E-state index in [-0.39, 0.29) is 30.2 Å². The first-order valence-electron chi connectivity index (χ1n) is 9.41. The molecule has 0 radical (unpaired) electrons. The molecule has 0 fully saturated rings. The largest absolute Gasteiger partial charge is 0.513 e. The zero-order valence-corrected chi connectivity index (χ0v) is 17.0. The van der Waals surface area contributed by atoms with Gasteiger partial charge in [0, 0.05) is 10.4 Å². The van der Waals surface area contributed by atoms with Crippen LogP contribution in [0.2, 0.25) is 0 Å². The topological polar surface area (TPSA) is 104 Å². The highest BCUT2D eigenvalue weighted by molar-refractivity contribution is 7.15. The van der Waals surface area contributed by atoms with Crippen molar-refractivity contribution < 1.29 is 28.6 Å². The Morgan fingerprint density at radius 3 is 2.55 bits per heavy atom. The van der Waals surface area contributed by atoms with Crippen LogP contribution >= 0.6 is 11.3 Å². The number of carbonyl (C=O) groups is 3. The molecule has 1 aliphatic rings. The molecule has 154 valence electrons. The standard InChI is InChI=1S/C20H22N2O6S/c1-3-26-18(24)13-7-10-15-16(11-13)29-19(21-15)22-17(23)12-5-8-14(9-6-12)28-20(25)27-4-2/h5-6,8-9,13H,3-4,7,10-11H2,1-2H3,(H,21,22,23). The van der Waals surface area contributed by atoms with Gasteiger partial charge in [0.1, 0.15) is 5.75 Å². The normalized spacial score (nSPS) is 15.2. The number of ether oxygens (including phenoxy) is 3. The van der Waals surface area contributed by atoms with Gasteiger partial charge in [-0.25, -0.2) is 9.78 Å². The van der Waals surface area contributed by atoms with Gasteiger partial charge in [0.05, 0.1) is 24.8 Å². The first-order valence-corrected chi connectivity index (χ1v) is 10.2. The smallest absolute Gasteiger partial charge is 0.466 e. The van der Waals surface area contributed by atoms with Crippen LogP contribution in [-0.4, -0.2) is 36.2 Å². The van der Waals surface area contributed by atoms with Crippen molar-refractivity contribution >= 4 is 34.5 Å². The fraction of sp³-hybridized carbons (Fsp3) is 0.400. The number of benzene rings is 1. The van der Waals surface area contributed by atoms with Crippen LogP contribution in [0.5, 0.6) is 5.75 Å². The summed E-state index contributed by atoms with van der Waals surface area (Å²) < 4.78 is 14.8. The molecule has 1 atom stereocenters. The molecule has 0 aliphatic heterocycles. The molecule has 3 rings (SSSR count). The fourth-order valence-corrected chi connectivity index (χ4v) is 4.06. The van der Waals surface area contributed by atoms with E-state index in [2.05, 4.69) is 10.3 Å². The predicted molar refractivity (Wildman–Crippen MR) is 106 cm³/mol. The van der Waals surface area contributed by atoms with Crippen molar-refractivity contribution in [2.45, 2.75) is 33.1 Å². The molecule has 29 heavy (non-hydrogen) atoms. The summed E-state index contributed by atoms with van der Waals surface area (Å²) in [7, 11) is 0. The number of carbonyl (C=O) groups excluding carboxylic acids is 3. The quantitative estimate of drug-likeness (QED) is 0.565. The van der Waals surface area contributed by atoms with Crippen molar-refractivity contribution in [1.82, 2.24) is 4.98 Å². The van der Waals surface area contributed by atoms with Gasteiger partial charge in [0.25, 0.3) is 5.91 Å². The van der Waals surface area contributed by atoms with Gasteiger partial charge >= 0.3 is 12.1 Å². The molecule has 1 aliphatic carbocycles. The van der Waals surface area contributed by atoms with Gasteiger partial charge < -0.3 is 14.2 Å². The highest BCUT2D eigenvalue weighted by Gasteiger charge is 2.28. The van der Waals surface area contributed by atoms with E-state index in [1.54, 1.807) is 26.0 Å². The van der Waals surface area contributed by atoms with Gasteiger partial charge in [-0.2, -0.15) is 0 Å². The molecule has 0 saturated heterocycles. The predicted octanol–water partition coefficient (Wildman–Crippen LogP) is 3.60. The minimum atomic E-state index is -0.792. The molecule has 2 aromatic rings. The van der Waals surface area contributed by atoms with E-state index in [0.717, 1.165) is 10.6 Å². The van der Waals surface area contributed by atoms with Gasteiger partial charge in [-0.15, -0.1) is 11.3 Å². The molecular weight excluding hydrogens is 396 g/mol. The number of hydrogen-bond donors (Lipinski definition) is 1. The molecule has 1 N–H and O–H groups in total. The summed E-state index contributed by atoms with van der Waals surface area (Å²) in [5.74, 6) is -0.365. The lowest BCUT2D eigenvalue weighted by molar-refractivity contribution is -0.148. The second kappa shape index (κ2) is 9.51. The number of aryl methyl sites for hydroxylation is 1. The Balaban J connectivity index is 1.60. The number of rotatable bonds is 6. The van der Waals surface area contributed by atoms with E-state index in [4.69, 9.17) is 14.2 Å². The van der Waals surface area contributed by atoms with E-state index < -0.39 is 6.16 Å². The van der Waals surface area contributed by atoms with Gasteiger partial charge in [-0.3, -0.25) is 14.9 Å². The summed E-state index contributed by atoms with van der Waals surface area (Å²) in [6.07, 6.45) is 1.18. The molecule has 1 aromatic heterocycles. The average molecular weight is 418 g/mol. The first kappa shape index (κ1) is 20.8. The Hall–Kier alpha value is -2.94. The Bertz CT molecular complexity index is 893. The van der Waals surface area contributed by atoms with Crippen LogP contribution in [0.3, 0.4) is 0 Å². The van der Waals surface area contributed by atoms with Crippen LogP contribution in [-0.2, 0) is 27.1 Å². The number of hydrogen-bond acceptors (Lipinski definition) is 8. The van der Waals surface area contributed by atoms with Gasteiger partial charge in [-0.05, 0) is 57.4 Å². The van der Waals surface area contributed by atoms with Crippen LogP contribution in [0.15, 0.2) is 24.3 Å². The lowest BCUT2D eigenvalue weighted by Gasteiger charge is -2.18. The summed E-state index contributed by atoms with van der Waals surface area (Å²) in [5.41, 5.74) is 1.32. The van der Waals surface area contributed by atoms with Crippen LogP contribution in [0, 0.1) is 5.92 Å². The number of aromatic nitrogens is 1. The van der Waals surface area contributed by atoms with Gasteiger partial charge in [0.2, 0.25) is 0 Å². The molecule has 9 heteroatoms. The second-order valence-electron chi connectivity index (χ2n) is 6.34. The van der Waals surface area contributed by atoms with Gasteiger partial charge in [-0.1, -0.05) is 0 Å². The Morgan fingerprint density at radius 1 is 1.14 bits per heavy atom. The number of thiazole rings is 1. The van der Waals surface area contributed by atoms with Crippen molar-refractivity contribution in [3.05, 3.63) is 40.4 Å². The highest BCUT2D eigenvalue weighted by atomic mass is 32.1. The van der Waals surface area contributed by atoms with Crippen LogP contribution < -0.4 is 10.1 Å². The van der Waals surface area contributed by atoms with Crippen molar-refractivity contribution in [3.8, 4) is 5.75 Å². The minimum Gasteiger partial charge on any atom is -0.466 e. The average Bonchev–Trinajstić information content (AvgIpc) is 3.10. The van der Waals surface area contributed by atoms with Crippen molar-refractivity contribution in [1.29, 1.82) is 0 Å². The zero-order chi connectivity index (χ0) is 20.8. The van der Waals surface area contributed by atoms with Crippen molar-refractivity contribution in [2.24, 2.45) is 5.92 Å². The van der Waals surface area contributed by atoms with E-state index in [9.17, 15) is 14.4 Å². The summed E-state index contributed by atoms with van der Waals surface area (Å²) >= 11 is 1.38. The Labute approximate surface area is 172 Å². The molecular formula is C20H22N2O6S. The first-order chi connectivity index (χ1) is 14.0. The second-order valence-corrected chi connectivity index (χ2v) is 7.43. The van der Waals surface area contributed by atoms with E-state index in [1.165, 1.54) is 23.5 Å².